The number of nitrogens with two attached hydrogens (primary N) is 8. The summed E-state index contributed by atoms with van der Waals surface area (Å²) in [7, 11) is 0. The van der Waals surface area contributed by atoms with Crippen molar-refractivity contribution in [1.82, 2.24) is 63.4 Å². The molecular formula is C59H105N23O16S2. The molecule has 1 aliphatic carbocycles. The van der Waals surface area contributed by atoms with Crippen LogP contribution in [-0.4, -0.2) is 234 Å². The third kappa shape index (κ3) is 33.5. The van der Waals surface area contributed by atoms with Gasteiger partial charge < -0.3 is 114 Å². The van der Waals surface area contributed by atoms with Crippen molar-refractivity contribution >= 4 is 132 Å². The summed E-state index contributed by atoms with van der Waals surface area (Å²) in [6, 6.07) is -14.3. The fourth-order valence-electron chi connectivity index (χ4n) is 9.94. The van der Waals surface area contributed by atoms with Crippen LogP contribution in [0.3, 0.4) is 0 Å². The number of carbonyl (C=O) groups excluding carboxylic acids is 14. The van der Waals surface area contributed by atoms with Crippen molar-refractivity contribution < 1.29 is 77.0 Å². The number of aliphatic carboxylic acids is 1. The highest BCUT2D eigenvalue weighted by atomic mass is 32.1. The first kappa shape index (κ1) is 88.7. The Morgan fingerprint density at radius 2 is 0.890 bits per heavy atom. The Labute approximate surface area is 591 Å². The van der Waals surface area contributed by atoms with E-state index in [-0.39, 0.29) is 94.0 Å². The van der Waals surface area contributed by atoms with Gasteiger partial charge in [-0.3, -0.25) is 86.9 Å². The third-order valence-corrected chi connectivity index (χ3v) is 16.7. The van der Waals surface area contributed by atoms with E-state index in [1.165, 1.54) is 18.7 Å². The largest absolute Gasteiger partial charge is 0.481 e. The predicted octanol–water partition coefficient (Wildman–Crippen LogP) is -8.25. The van der Waals surface area contributed by atoms with Crippen LogP contribution in [0, 0.1) is 11.8 Å². The van der Waals surface area contributed by atoms with E-state index in [0.29, 0.717) is 19.3 Å². The molecule has 0 aromatic rings. The standard InChI is InChI=1S/C59H105N23O16S2/c1-7-29(3)44(54(96)73-26-41(84)74-31(5)48(90)78-38(27-99)46(88)47(61)89)80-52(94)36(19-14-22-70-59(66)67)76-53(95)37(23-43(86)87)77-55(97)45(30(4)8-2)81-51(93)35(18-13-21-69-58(64)65)75-42(85)25-71-40(83)24-72-49(91)32(6)82(33-15-10-9-11-16-33)56(98)39(28-100)79-50(92)34(60)17-12-20-68-57(62)63/h29-39,44-45,99-100H,7-28,60H2,1-6H3,(H2,61,89)(H,71,83)(H,72,91)(H,73,96)(H,74,84)(H,75,85)(H,76,95)(H,77,97)(H,78,90)(H,79,92)(H,80,94)(H,81,93)(H,86,87)(H4,62,63,68)(H4,64,65,69)(H4,66,67,70)/t29-,30-,31-,32-,34-,35-,36-,37-,38-,39-,44-,45-/m0/s1. The van der Waals surface area contributed by atoms with Gasteiger partial charge in [0.25, 0.3) is 5.91 Å². The molecule has 0 bridgehead atoms. The molecule has 0 aromatic carbocycles. The van der Waals surface area contributed by atoms with Crippen molar-refractivity contribution in [2.75, 3.05) is 50.8 Å². The van der Waals surface area contributed by atoms with Gasteiger partial charge in [-0.25, -0.2) is 0 Å². The highest BCUT2D eigenvalue weighted by molar-refractivity contribution is 7.80. The van der Waals surface area contributed by atoms with Crippen LogP contribution in [0.4, 0.5) is 0 Å². The van der Waals surface area contributed by atoms with E-state index >= 15 is 0 Å². The number of carboxylic acids is 1. The van der Waals surface area contributed by atoms with Gasteiger partial charge in [0.15, 0.2) is 17.9 Å². The molecule has 39 nitrogen and oxygen atoms in total. The number of thiol groups is 2. The second kappa shape index (κ2) is 46.9. The minimum atomic E-state index is -1.94. The highest BCUT2D eigenvalue weighted by Crippen LogP contribution is 2.26. The summed E-state index contributed by atoms with van der Waals surface area (Å²) < 4.78 is 0. The van der Waals surface area contributed by atoms with Gasteiger partial charge in [-0.2, -0.15) is 25.3 Å². The Morgan fingerprint density at radius 1 is 0.470 bits per heavy atom. The number of nitrogens with one attached hydrogen (secondary N) is 11. The van der Waals surface area contributed by atoms with Crippen LogP contribution in [0.25, 0.3) is 0 Å². The summed E-state index contributed by atoms with van der Waals surface area (Å²) in [5, 5.41) is 36.8. The maximum Gasteiger partial charge on any atom is 0.305 e. The summed E-state index contributed by atoms with van der Waals surface area (Å²) in [6.07, 6.45) is 3.18. The van der Waals surface area contributed by atoms with E-state index in [4.69, 9.17) is 45.9 Å². The maximum atomic E-state index is 14.3. The van der Waals surface area contributed by atoms with Gasteiger partial charge in [-0.05, 0) is 77.0 Å². The molecule has 0 aliphatic heterocycles. The van der Waals surface area contributed by atoms with E-state index in [2.05, 4.69) is 98.7 Å². The van der Waals surface area contributed by atoms with E-state index in [1.54, 1.807) is 27.7 Å². The number of carbonyl (C=O) groups is 15. The topological polar surface area (TPSA) is 657 Å². The van der Waals surface area contributed by atoms with Crippen LogP contribution in [0.5, 0.6) is 0 Å². The van der Waals surface area contributed by atoms with Crippen LogP contribution >= 0.6 is 25.3 Å². The molecule has 1 fully saturated rings. The second-order valence-electron chi connectivity index (χ2n) is 24.0. The average Bonchev–Trinajstić information content (AvgIpc) is 0.832. The number of hydrogen-bond donors (Lipinski definition) is 22. The van der Waals surface area contributed by atoms with Crippen molar-refractivity contribution in [3.8, 4) is 0 Å². The van der Waals surface area contributed by atoms with Gasteiger partial charge >= 0.3 is 5.97 Å². The average molecular weight is 1460 g/mol. The fraction of sp³-hybridized carbons (Fsp3) is 0.695. The van der Waals surface area contributed by atoms with Crippen LogP contribution in [-0.2, 0) is 71.9 Å². The molecule has 100 heavy (non-hydrogen) atoms. The lowest BCUT2D eigenvalue weighted by molar-refractivity contribution is -0.146. The molecule has 1 aliphatic rings. The molecule has 0 radical (unpaired) electrons. The van der Waals surface area contributed by atoms with E-state index in [0.717, 1.165) is 19.3 Å². The molecule has 1 rings (SSSR count). The molecule has 0 saturated heterocycles. The number of primary amides is 1. The van der Waals surface area contributed by atoms with Gasteiger partial charge in [0.1, 0.15) is 54.4 Å². The Morgan fingerprint density at radius 3 is 1.37 bits per heavy atom. The number of amides is 13. The van der Waals surface area contributed by atoms with E-state index in [9.17, 15) is 77.0 Å². The third-order valence-electron chi connectivity index (χ3n) is 16.0. The Bertz CT molecular complexity index is 2910. The number of ketones is 1. The Kier molecular flexibility index (Phi) is 41.6. The smallest absolute Gasteiger partial charge is 0.305 e. The summed E-state index contributed by atoms with van der Waals surface area (Å²) >= 11 is 8.25. The van der Waals surface area contributed by atoms with Crippen LogP contribution in [0.15, 0.2) is 15.0 Å². The Hall–Kier alpha value is -9.28. The molecule has 564 valence electrons. The molecule has 0 heterocycles. The maximum absolute atomic E-state index is 14.3. The summed E-state index contributed by atoms with van der Waals surface area (Å²) in [4.78, 5) is 213. The summed E-state index contributed by atoms with van der Waals surface area (Å²) in [6.45, 7) is 7.16. The van der Waals surface area contributed by atoms with Gasteiger partial charge in [0.2, 0.25) is 76.7 Å². The lowest BCUT2D eigenvalue weighted by atomic mass is 9.92. The quantitative estimate of drug-likeness (QED) is 0.00885. The molecular weight excluding hydrogens is 1350 g/mol. The fourth-order valence-corrected chi connectivity index (χ4v) is 10.4. The predicted molar refractivity (Wildman–Crippen MR) is 374 cm³/mol. The molecule has 0 spiro atoms. The van der Waals surface area contributed by atoms with Crippen LogP contribution in [0.1, 0.15) is 131 Å². The van der Waals surface area contributed by atoms with Crippen molar-refractivity contribution in [2.24, 2.45) is 72.7 Å². The first-order chi connectivity index (χ1) is 47.0. The second-order valence-corrected chi connectivity index (χ2v) is 24.7. The van der Waals surface area contributed by atoms with Gasteiger partial charge in [-0.1, -0.05) is 59.8 Å². The normalized spacial score (nSPS) is 15.5. The number of Topliss-reactive ketones (excluding diaryl/α,β-unsaturated/α-hetero) is 1. The van der Waals surface area contributed by atoms with Crippen LogP contribution < -0.4 is 104 Å². The molecule has 0 aromatic heterocycles. The number of guanidine groups is 3. The van der Waals surface area contributed by atoms with E-state index in [1.807, 2.05) is 0 Å². The van der Waals surface area contributed by atoms with Crippen molar-refractivity contribution in [2.45, 2.75) is 198 Å². The number of aliphatic imine (C=N–C) groups is 3. The van der Waals surface area contributed by atoms with E-state index < -0.39 is 193 Å². The Balaban J connectivity index is 3.38. The van der Waals surface area contributed by atoms with Gasteiger partial charge in [0.05, 0.1) is 32.1 Å². The minimum Gasteiger partial charge on any atom is -0.481 e. The summed E-state index contributed by atoms with van der Waals surface area (Å²) in [5.74, 6) is -17.2. The monoisotopic (exact) mass is 1460 g/mol. The molecule has 1 saturated carbocycles. The minimum absolute atomic E-state index is 0.00965. The lowest BCUT2D eigenvalue weighted by Gasteiger charge is -2.39. The zero-order valence-corrected chi connectivity index (χ0v) is 59.2. The van der Waals surface area contributed by atoms with Crippen molar-refractivity contribution in [3.05, 3.63) is 0 Å². The molecule has 0 unspecified atom stereocenters. The molecule has 28 N–H and O–H groups in total. The summed E-state index contributed by atoms with van der Waals surface area (Å²) in [5.41, 5.74) is 43.8. The number of hydrogen-bond acceptors (Lipinski definition) is 21. The zero-order valence-electron chi connectivity index (χ0n) is 57.4. The van der Waals surface area contributed by atoms with Crippen molar-refractivity contribution in [3.63, 3.8) is 0 Å². The van der Waals surface area contributed by atoms with Gasteiger partial charge in [-0.15, -0.1) is 0 Å². The van der Waals surface area contributed by atoms with Gasteiger partial charge in [0, 0.05) is 37.2 Å². The first-order valence-corrected chi connectivity index (χ1v) is 34.0. The number of rotatable bonds is 47. The molecule has 12 atom stereocenters. The molecule has 13 amide bonds. The zero-order chi connectivity index (χ0) is 75.9. The first-order valence-electron chi connectivity index (χ1n) is 32.8. The number of nitrogens with zero attached hydrogens (tertiary/aromatic N) is 4. The van der Waals surface area contributed by atoms with Crippen molar-refractivity contribution in [1.29, 1.82) is 0 Å². The van der Waals surface area contributed by atoms with Crippen LogP contribution in [0.2, 0.25) is 0 Å². The number of carboxylic acid groups (broad SMARTS) is 1. The molecule has 41 heteroatoms. The SMILES string of the molecule is CC[C@H](C)[C@H](NC(=O)[C@H](CCCN=C(N)N)NC(=O)[C@H](CC(=O)O)NC(=O)[C@@H](NC(=O)[C@H](CCCN=C(N)N)NC(=O)CNC(=O)CNC(=O)[C@H](C)N(C(=O)[C@H](CS)NC(=O)[C@@H](N)CCCN=C(N)N)C1CCCCC1)[C@@H](C)CC)C(=O)NCC(=O)N[C@@H](C)C(=O)N[C@@H](CS)C(=O)C(N)=O. The lowest BCUT2D eigenvalue weighted by Crippen LogP contribution is -2.61. The highest BCUT2D eigenvalue weighted by Gasteiger charge is 2.39.